The maximum absolute atomic E-state index is 10.1. The zero-order chi connectivity index (χ0) is 12.1. The van der Waals surface area contributed by atoms with Crippen LogP contribution in [0.1, 0.15) is 0 Å². The van der Waals surface area contributed by atoms with E-state index in [0.717, 1.165) is 0 Å². The van der Waals surface area contributed by atoms with Crippen LogP contribution in [0.2, 0.25) is 0 Å². The van der Waals surface area contributed by atoms with Crippen LogP contribution in [0, 0.1) is 0 Å². The average molecular weight is 335 g/mol. The molecule has 1 radical (unpaired) electrons. The zero-order valence-corrected chi connectivity index (χ0v) is 13.8. The van der Waals surface area contributed by atoms with Gasteiger partial charge in [-0.15, -0.1) is 0 Å². The molecule has 2 aromatic rings. The summed E-state index contributed by atoms with van der Waals surface area (Å²) in [4.78, 5) is 0. The molecule has 0 atom stereocenters. The minimum absolute atomic E-state index is 0. The number of benzene rings is 2. The van der Waals surface area contributed by atoms with Gasteiger partial charge in [-0.25, -0.2) is 0 Å². The van der Waals surface area contributed by atoms with Crippen molar-refractivity contribution in [2.24, 2.45) is 0 Å². The normalized spacial score (nSPS) is 10.3. The third-order valence-electron chi connectivity index (χ3n) is 2.04. The molecule has 0 spiro atoms. The fourth-order valence-corrected chi connectivity index (χ4v) is 2.44. The molecule has 2 aromatic carbocycles. The molecule has 0 heterocycles. The van der Waals surface area contributed by atoms with Crippen molar-refractivity contribution in [3.8, 4) is 11.5 Å². The van der Waals surface area contributed by atoms with Gasteiger partial charge in [0.05, 0.1) is 0 Å². The van der Waals surface area contributed by atoms with E-state index in [-0.39, 0.29) is 32.7 Å². The standard InChI is InChI=1S/C13H13NO2P.Y/c1-17(14,15-12-8-4-2-5-9-12)16-13-10-6-3-7-11-13;/h2-11H,1H3;/q-1;. The van der Waals surface area contributed by atoms with Gasteiger partial charge in [-0.3, -0.25) is 0 Å². The van der Waals surface area contributed by atoms with Crippen molar-refractivity contribution in [1.29, 1.82) is 0 Å². The van der Waals surface area contributed by atoms with Crippen LogP contribution in [0.4, 0.5) is 0 Å². The van der Waals surface area contributed by atoms with Crippen LogP contribution >= 0.6 is 7.51 Å². The molecular formula is C13H13NO2PY-. The van der Waals surface area contributed by atoms with Crippen molar-refractivity contribution in [1.82, 2.24) is 0 Å². The molecule has 0 saturated heterocycles. The smallest absolute Gasteiger partial charge is 0.125 e. The van der Waals surface area contributed by atoms with E-state index in [4.69, 9.17) is 9.05 Å². The number of para-hydroxylation sites is 2. The molecule has 0 N–H and O–H groups in total. The number of nitrogens with zero attached hydrogens (tertiary/aromatic N) is 1. The number of hydrogen-bond donors (Lipinski definition) is 0. The first-order valence-electron chi connectivity index (χ1n) is 5.24. The molecule has 0 unspecified atom stereocenters. The Labute approximate surface area is 132 Å². The van der Waals surface area contributed by atoms with E-state index in [0.29, 0.717) is 11.5 Å². The van der Waals surface area contributed by atoms with E-state index in [9.17, 15) is 5.16 Å². The fourth-order valence-electron chi connectivity index (χ4n) is 1.37. The van der Waals surface area contributed by atoms with Gasteiger partial charge in [0.2, 0.25) is 0 Å². The van der Waals surface area contributed by atoms with Crippen molar-refractivity contribution < 1.29 is 41.8 Å². The summed E-state index contributed by atoms with van der Waals surface area (Å²) < 4.78 is 10.9. The van der Waals surface area contributed by atoms with E-state index in [1.54, 1.807) is 30.9 Å². The van der Waals surface area contributed by atoms with Crippen LogP contribution in [-0.4, -0.2) is 6.66 Å². The summed E-state index contributed by atoms with van der Waals surface area (Å²) in [5.41, 5.74) is 0. The predicted molar refractivity (Wildman–Crippen MR) is 70.3 cm³/mol. The Hall–Kier alpha value is -0.626. The summed E-state index contributed by atoms with van der Waals surface area (Å²) in [5, 5.41) is 10.1. The van der Waals surface area contributed by atoms with Gasteiger partial charge >= 0.3 is 0 Å². The fraction of sp³-hybridized carbons (Fsp3) is 0.0769. The first-order chi connectivity index (χ1) is 8.16. The molecule has 5 heteroatoms. The van der Waals surface area contributed by atoms with Gasteiger partial charge in [-0.1, -0.05) is 36.4 Å². The van der Waals surface area contributed by atoms with Crippen molar-refractivity contribution >= 4 is 7.51 Å². The van der Waals surface area contributed by atoms with Crippen LogP contribution in [0.25, 0.3) is 5.16 Å². The quantitative estimate of drug-likeness (QED) is 0.779. The van der Waals surface area contributed by atoms with E-state index in [1.165, 1.54) is 0 Å². The molecule has 91 valence electrons. The molecule has 18 heavy (non-hydrogen) atoms. The Bertz CT molecular complexity index is 474. The van der Waals surface area contributed by atoms with Crippen LogP contribution in [0.15, 0.2) is 60.7 Å². The summed E-state index contributed by atoms with van der Waals surface area (Å²) in [5.74, 6) is 1.20. The van der Waals surface area contributed by atoms with Gasteiger partial charge in [-0.2, -0.15) is 0 Å². The second-order valence-electron chi connectivity index (χ2n) is 3.61. The van der Waals surface area contributed by atoms with Gasteiger partial charge in [0, 0.05) is 39.4 Å². The van der Waals surface area contributed by atoms with Gasteiger partial charge < -0.3 is 14.2 Å². The predicted octanol–water partition coefficient (Wildman–Crippen LogP) is 4.37. The minimum Gasteiger partial charge on any atom is -0.741 e. The molecule has 0 fully saturated rings. The van der Waals surface area contributed by atoms with E-state index >= 15 is 0 Å². The second-order valence-corrected chi connectivity index (χ2v) is 5.58. The van der Waals surface area contributed by atoms with Gasteiger partial charge in [0.1, 0.15) is 19.0 Å². The van der Waals surface area contributed by atoms with Crippen molar-refractivity contribution in [3.63, 3.8) is 0 Å². The monoisotopic (exact) mass is 335 g/mol. The van der Waals surface area contributed by atoms with Crippen LogP contribution in [0.5, 0.6) is 11.5 Å². The molecule has 2 rings (SSSR count). The molecule has 0 saturated carbocycles. The van der Waals surface area contributed by atoms with Crippen molar-refractivity contribution in [3.05, 3.63) is 65.8 Å². The van der Waals surface area contributed by atoms with Gasteiger partial charge in [0.25, 0.3) is 0 Å². The number of hydrogen-bond acceptors (Lipinski definition) is 2. The van der Waals surface area contributed by atoms with Gasteiger partial charge in [-0.05, 0) is 24.3 Å². The maximum atomic E-state index is 10.1. The average Bonchev–Trinajstić information content (AvgIpc) is 2.30. The zero-order valence-electron chi connectivity index (χ0n) is 10.1. The molecule has 0 aliphatic rings. The molecule has 0 amide bonds. The summed E-state index contributed by atoms with van der Waals surface area (Å²) in [7, 11) is -2.89. The molecule has 0 aliphatic carbocycles. The molecule has 3 nitrogen and oxygen atoms in total. The van der Waals surface area contributed by atoms with Crippen LogP contribution < -0.4 is 9.05 Å². The van der Waals surface area contributed by atoms with Crippen LogP contribution in [0.3, 0.4) is 0 Å². The van der Waals surface area contributed by atoms with Crippen molar-refractivity contribution in [2.75, 3.05) is 6.66 Å². The van der Waals surface area contributed by atoms with Gasteiger partial charge in [0.15, 0.2) is 0 Å². The Morgan fingerprint density at radius 2 is 1.11 bits per heavy atom. The van der Waals surface area contributed by atoms with Crippen LogP contribution in [-0.2, 0) is 32.7 Å². The number of rotatable bonds is 4. The van der Waals surface area contributed by atoms with Crippen molar-refractivity contribution in [2.45, 2.75) is 0 Å². The summed E-state index contributed by atoms with van der Waals surface area (Å²) in [6, 6.07) is 18.3. The van der Waals surface area contributed by atoms with E-state index in [1.807, 2.05) is 36.4 Å². The molecular weight excluding hydrogens is 322 g/mol. The minimum atomic E-state index is -2.89. The summed E-state index contributed by atoms with van der Waals surface area (Å²) >= 11 is 0. The topological polar surface area (TPSA) is 40.8 Å². The Kier molecular flexibility index (Phi) is 6.07. The van der Waals surface area contributed by atoms with E-state index in [2.05, 4.69) is 0 Å². The van der Waals surface area contributed by atoms with E-state index < -0.39 is 7.51 Å². The third kappa shape index (κ3) is 4.93. The molecule has 0 bridgehead atoms. The Morgan fingerprint density at radius 3 is 1.44 bits per heavy atom. The molecule has 0 aromatic heterocycles. The maximum Gasteiger partial charge on any atom is 0.125 e. The SMILES string of the molecule is CP(=[N-])(Oc1ccccc1)Oc1ccccc1.[Y]. The third-order valence-corrected chi connectivity index (χ3v) is 3.14. The molecule has 0 aliphatic heterocycles. The first kappa shape index (κ1) is 15.4. The summed E-state index contributed by atoms with van der Waals surface area (Å²) in [6.07, 6.45) is 0. The largest absolute Gasteiger partial charge is 0.741 e. The summed E-state index contributed by atoms with van der Waals surface area (Å²) in [6.45, 7) is 1.56. The Balaban J connectivity index is 0.00000162. The first-order valence-corrected chi connectivity index (χ1v) is 7.27. The second kappa shape index (κ2) is 7.08. The Morgan fingerprint density at radius 1 is 0.778 bits per heavy atom.